The monoisotopic (exact) mass is 311 g/mol. The molecule has 0 fully saturated rings. The molecular weight excluding hydrogens is 297 g/mol. The number of halogens is 2. The molecule has 0 radical (unpaired) electrons. The van der Waals surface area contributed by atoms with Crippen LogP contribution in [0.1, 0.15) is 29.5 Å². The van der Waals surface area contributed by atoms with Gasteiger partial charge in [0.15, 0.2) is 0 Å². The van der Waals surface area contributed by atoms with Crippen molar-refractivity contribution in [1.82, 2.24) is 9.78 Å². The zero-order valence-corrected chi connectivity index (χ0v) is 12.8. The largest absolute Gasteiger partial charge is 0.319 e. The minimum absolute atomic E-state index is 0.233. The molecule has 0 saturated heterocycles. The van der Waals surface area contributed by atoms with Gasteiger partial charge in [-0.15, -0.1) is 0 Å². The molecule has 0 spiro atoms. The Labute approximate surface area is 127 Å². The number of carbonyl (C=O) groups excluding carboxylic acids is 1. The van der Waals surface area contributed by atoms with Crippen LogP contribution in [0.3, 0.4) is 0 Å². The van der Waals surface area contributed by atoms with Gasteiger partial charge in [0.2, 0.25) is 0 Å². The van der Waals surface area contributed by atoms with E-state index in [1.54, 1.807) is 28.9 Å². The van der Waals surface area contributed by atoms with Crippen LogP contribution in [0, 0.1) is 6.92 Å². The summed E-state index contributed by atoms with van der Waals surface area (Å²) in [5, 5.41) is 8.01. The van der Waals surface area contributed by atoms with Gasteiger partial charge in [-0.3, -0.25) is 9.48 Å². The van der Waals surface area contributed by atoms with Gasteiger partial charge < -0.3 is 5.32 Å². The first-order valence-corrected chi connectivity index (χ1v) is 7.07. The highest BCUT2D eigenvalue weighted by Crippen LogP contribution is 2.25. The van der Waals surface area contributed by atoms with Crippen molar-refractivity contribution < 1.29 is 4.79 Å². The number of rotatable bonds is 4. The number of aryl methyl sites for hydroxylation is 2. The van der Waals surface area contributed by atoms with Gasteiger partial charge in [-0.1, -0.05) is 30.1 Å². The third-order valence-corrected chi connectivity index (χ3v) is 3.30. The van der Waals surface area contributed by atoms with E-state index in [9.17, 15) is 4.79 Å². The zero-order chi connectivity index (χ0) is 14.7. The minimum Gasteiger partial charge on any atom is -0.319 e. The average molecular weight is 312 g/mol. The van der Waals surface area contributed by atoms with Crippen molar-refractivity contribution in [1.29, 1.82) is 0 Å². The van der Waals surface area contributed by atoms with Crippen LogP contribution in [-0.4, -0.2) is 15.7 Å². The number of nitrogens with zero attached hydrogens (tertiary/aromatic N) is 2. The van der Waals surface area contributed by atoms with Crippen LogP contribution in [0.2, 0.25) is 10.0 Å². The molecule has 1 aromatic heterocycles. The van der Waals surface area contributed by atoms with Gasteiger partial charge >= 0.3 is 0 Å². The zero-order valence-electron chi connectivity index (χ0n) is 11.3. The molecule has 2 rings (SSSR count). The van der Waals surface area contributed by atoms with E-state index in [0.29, 0.717) is 28.0 Å². The molecular formula is C14H15Cl2N3O. The van der Waals surface area contributed by atoms with Crippen molar-refractivity contribution in [2.24, 2.45) is 0 Å². The van der Waals surface area contributed by atoms with Crippen LogP contribution in [0.4, 0.5) is 5.69 Å². The number of hydrogen-bond donors (Lipinski definition) is 1. The third-order valence-electron chi connectivity index (χ3n) is 2.75. The Bertz CT molecular complexity index is 637. The Hall–Kier alpha value is -1.52. The number of anilines is 1. The standard InChI is InChI=1S/C14H15Cl2N3O/c1-3-6-19-13(7-9(2)18-19)14(20)17-12-5-4-10(15)8-11(12)16/h4-5,7-8H,3,6H2,1-2H3,(H,17,20). The lowest BCUT2D eigenvalue weighted by Crippen LogP contribution is -2.18. The number of amides is 1. The fourth-order valence-corrected chi connectivity index (χ4v) is 2.34. The molecule has 0 saturated carbocycles. The van der Waals surface area contributed by atoms with E-state index in [-0.39, 0.29) is 5.91 Å². The van der Waals surface area contributed by atoms with Crippen LogP contribution < -0.4 is 5.32 Å². The third kappa shape index (κ3) is 3.32. The Morgan fingerprint density at radius 3 is 2.75 bits per heavy atom. The highest BCUT2D eigenvalue weighted by molar-refractivity contribution is 6.36. The smallest absolute Gasteiger partial charge is 0.273 e. The summed E-state index contributed by atoms with van der Waals surface area (Å²) in [5.74, 6) is -0.233. The van der Waals surface area contributed by atoms with Crippen molar-refractivity contribution in [2.45, 2.75) is 26.8 Å². The fourth-order valence-electron chi connectivity index (χ4n) is 1.89. The minimum atomic E-state index is -0.233. The molecule has 0 aliphatic rings. The molecule has 1 amide bonds. The van der Waals surface area contributed by atoms with Gasteiger partial charge in [0.1, 0.15) is 5.69 Å². The molecule has 0 atom stereocenters. The molecule has 20 heavy (non-hydrogen) atoms. The molecule has 0 bridgehead atoms. The summed E-state index contributed by atoms with van der Waals surface area (Å²) < 4.78 is 1.70. The maximum absolute atomic E-state index is 12.3. The van der Waals surface area contributed by atoms with E-state index in [2.05, 4.69) is 10.4 Å². The topological polar surface area (TPSA) is 46.9 Å². The van der Waals surface area contributed by atoms with Crippen molar-refractivity contribution in [2.75, 3.05) is 5.32 Å². The van der Waals surface area contributed by atoms with E-state index in [1.807, 2.05) is 13.8 Å². The number of carbonyl (C=O) groups is 1. The van der Waals surface area contributed by atoms with Crippen LogP contribution >= 0.6 is 23.2 Å². The van der Waals surface area contributed by atoms with Gasteiger partial charge in [0.05, 0.1) is 16.4 Å². The summed E-state index contributed by atoms with van der Waals surface area (Å²) in [6.45, 7) is 4.60. The fraction of sp³-hybridized carbons (Fsp3) is 0.286. The number of hydrogen-bond acceptors (Lipinski definition) is 2. The maximum Gasteiger partial charge on any atom is 0.273 e. The number of nitrogens with one attached hydrogen (secondary N) is 1. The molecule has 1 aromatic carbocycles. The quantitative estimate of drug-likeness (QED) is 0.921. The second-order valence-electron chi connectivity index (χ2n) is 4.47. The Kier molecular flexibility index (Phi) is 4.68. The average Bonchev–Trinajstić information content (AvgIpc) is 2.74. The van der Waals surface area contributed by atoms with Crippen molar-refractivity contribution in [3.63, 3.8) is 0 Å². The lowest BCUT2D eigenvalue weighted by Gasteiger charge is -2.09. The predicted octanol–water partition coefficient (Wildman–Crippen LogP) is 4.16. The summed E-state index contributed by atoms with van der Waals surface area (Å²) in [6.07, 6.45) is 0.906. The van der Waals surface area contributed by atoms with Gasteiger partial charge in [0.25, 0.3) is 5.91 Å². The van der Waals surface area contributed by atoms with Crippen molar-refractivity contribution in [3.8, 4) is 0 Å². The second-order valence-corrected chi connectivity index (χ2v) is 5.32. The van der Waals surface area contributed by atoms with E-state index in [4.69, 9.17) is 23.2 Å². The Morgan fingerprint density at radius 2 is 2.10 bits per heavy atom. The Balaban J connectivity index is 2.23. The normalized spacial score (nSPS) is 10.6. The molecule has 6 heteroatoms. The van der Waals surface area contributed by atoms with E-state index in [1.165, 1.54) is 0 Å². The second kappa shape index (κ2) is 6.29. The van der Waals surface area contributed by atoms with Gasteiger partial charge in [-0.2, -0.15) is 5.10 Å². The van der Waals surface area contributed by atoms with E-state index >= 15 is 0 Å². The molecule has 106 valence electrons. The highest BCUT2D eigenvalue weighted by Gasteiger charge is 2.15. The van der Waals surface area contributed by atoms with Crippen LogP contribution in [0.15, 0.2) is 24.3 Å². The molecule has 0 unspecified atom stereocenters. The predicted molar refractivity (Wildman–Crippen MR) is 81.7 cm³/mol. The summed E-state index contributed by atoms with van der Waals surface area (Å²) in [5.41, 5.74) is 1.86. The summed E-state index contributed by atoms with van der Waals surface area (Å²) in [4.78, 5) is 12.3. The maximum atomic E-state index is 12.3. The molecule has 1 heterocycles. The first kappa shape index (κ1) is 14.9. The number of benzene rings is 1. The molecule has 1 N–H and O–H groups in total. The van der Waals surface area contributed by atoms with Crippen LogP contribution in [0.25, 0.3) is 0 Å². The van der Waals surface area contributed by atoms with E-state index < -0.39 is 0 Å². The summed E-state index contributed by atoms with van der Waals surface area (Å²) >= 11 is 11.9. The number of aromatic nitrogens is 2. The lowest BCUT2D eigenvalue weighted by molar-refractivity contribution is 0.101. The first-order chi connectivity index (χ1) is 9.51. The Morgan fingerprint density at radius 1 is 1.35 bits per heavy atom. The molecule has 2 aromatic rings. The summed E-state index contributed by atoms with van der Waals surface area (Å²) in [7, 11) is 0. The van der Waals surface area contributed by atoms with Gasteiger partial charge in [-0.25, -0.2) is 0 Å². The molecule has 0 aliphatic heterocycles. The SMILES string of the molecule is CCCn1nc(C)cc1C(=O)Nc1ccc(Cl)cc1Cl. The highest BCUT2D eigenvalue weighted by atomic mass is 35.5. The molecule has 0 aliphatic carbocycles. The summed E-state index contributed by atoms with van der Waals surface area (Å²) in [6, 6.07) is 6.70. The van der Waals surface area contributed by atoms with Crippen LogP contribution in [0.5, 0.6) is 0 Å². The van der Waals surface area contributed by atoms with E-state index in [0.717, 1.165) is 12.1 Å². The first-order valence-electron chi connectivity index (χ1n) is 6.32. The van der Waals surface area contributed by atoms with Gasteiger partial charge in [-0.05, 0) is 37.6 Å². The lowest BCUT2D eigenvalue weighted by atomic mass is 10.3. The van der Waals surface area contributed by atoms with Crippen LogP contribution in [-0.2, 0) is 6.54 Å². The molecule has 4 nitrogen and oxygen atoms in total. The van der Waals surface area contributed by atoms with Gasteiger partial charge in [0, 0.05) is 11.6 Å². The van der Waals surface area contributed by atoms with Crippen molar-refractivity contribution in [3.05, 3.63) is 45.7 Å². The van der Waals surface area contributed by atoms with Crippen molar-refractivity contribution >= 4 is 34.8 Å².